The van der Waals surface area contributed by atoms with Crippen LogP contribution in [-0.4, -0.2) is 12.1 Å². The van der Waals surface area contributed by atoms with Gasteiger partial charge in [-0.2, -0.15) is 0 Å². The molecule has 0 bridgehead atoms. The lowest BCUT2D eigenvalue weighted by Gasteiger charge is -2.14. The standard InChI is InChI=1S/C11H9NO/c1-2-8-7-12-11(13)10-6-4-3-5-9(8)10/h2-8H,1H2. The number of rotatable bonds is 1. The molecule has 1 amide bonds. The fourth-order valence-corrected chi connectivity index (χ4v) is 1.47. The first kappa shape index (κ1) is 7.92. The van der Waals surface area contributed by atoms with Gasteiger partial charge in [-0.1, -0.05) is 24.3 Å². The molecule has 0 spiro atoms. The molecule has 0 radical (unpaired) electrons. The fourth-order valence-electron chi connectivity index (χ4n) is 1.47. The second kappa shape index (κ2) is 2.98. The molecule has 1 aromatic rings. The summed E-state index contributed by atoms with van der Waals surface area (Å²) in [6, 6.07) is 7.49. The number of carbonyl (C=O) groups is 1. The first-order valence-electron chi connectivity index (χ1n) is 4.13. The first-order valence-corrected chi connectivity index (χ1v) is 4.13. The van der Waals surface area contributed by atoms with Gasteiger partial charge in [-0.25, -0.2) is 4.99 Å². The quantitative estimate of drug-likeness (QED) is 0.595. The Morgan fingerprint density at radius 2 is 2.15 bits per heavy atom. The Balaban J connectivity index is 2.60. The first-order chi connectivity index (χ1) is 6.33. The third-order valence-corrected chi connectivity index (χ3v) is 2.16. The van der Waals surface area contributed by atoms with Crippen LogP contribution in [0.3, 0.4) is 0 Å². The van der Waals surface area contributed by atoms with Crippen LogP contribution in [0.25, 0.3) is 0 Å². The summed E-state index contributed by atoms with van der Waals surface area (Å²) in [6.07, 6.45) is 3.42. The molecule has 64 valence electrons. The summed E-state index contributed by atoms with van der Waals surface area (Å²) < 4.78 is 0. The van der Waals surface area contributed by atoms with Crippen molar-refractivity contribution in [1.82, 2.24) is 0 Å². The molecule has 1 aliphatic rings. The van der Waals surface area contributed by atoms with Crippen LogP contribution in [0.5, 0.6) is 0 Å². The molecule has 2 rings (SSSR count). The average molecular weight is 171 g/mol. The molecule has 1 unspecified atom stereocenters. The van der Waals surface area contributed by atoms with Crippen molar-refractivity contribution in [2.45, 2.75) is 5.92 Å². The number of carbonyl (C=O) groups excluding carboxylic acids is 1. The third kappa shape index (κ3) is 1.20. The van der Waals surface area contributed by atoms with Crippen molar-refractivity contribution in [3.05, 3.63) is 48.0 Å². The molecule has 1 aliphatic heterocycles. The van der Waals surface area contributed by atoms with Crippen molar-refractivity contribution in [2.75, 3.05) is 0 Å². The Hall–Kier alpha value is -1.70. The van der Waals surface area contributed by atoms with Crippen LogP contribution < -0.4 is 0 Å². The van der Waals surface area contributed by atoms with Gasteiger partial charge in [-0.15, -0.1) is 6.58 Å². The largest absolute Gasteiger partial charge is 0.276 e. The van der Waals surface area contributed by atoms with E-state index in [1.54, 1.807) is 18.4 Å². The lowest BCUT2D eigenvalue weighted by atomic mass is 9.93. The molecule has 2 nitrogen and oxygen atoms in total. The van der Waals surface area contributed by atoms with Crippen molar-refractivity contribution in [3.63, 3.8) is 0 Å². The summed E-state index contributed by atoms with van der Waals surface area (Å²) in [6.45, 7) is 3.71. The van der Waals surface area contributed by atoms with Gasteiger partial charge < -0.3 is 0 Å². The molecule has 0 fully saturated rings. The minimum Gasteiger partial charge on any atom is -0.267 e. The van der Waals surface area contributed by atoms with Crippen molar-refractivity contribution >= 4 is 12.1 Å². The van der Waals surface area contributed by atoms with Gasteiger partial charge in [0.25, 0.3) is 5.91 Å². The van der Waals surface area contributed by atoms with Crippen LogP contribution in [-0.2, 0) is 0 Å². The van der Waals surface area contributed by atoms with Gasteiger partial charge in [0.15, 0.2) is 0 Å². The highest BCUT2D eigenvalue weighted by atomic mass is 16.1. The fraction of sp³-hybridized carbons (Fsp3) is 0.0909. The van der Waals surface area contributed by atoms with Crippen molar-refractivity contribution in [1.29, 1.82) is 0 Å². The van der Waals surface area contributed by atoms with Gasteiger partial charge in [-0.05, 0) is 11.6 Å². The van der Waals surface area contributed by atoms with Crippen LogP contribution in [0.2, 0.25) is 0 Å². The molecule has 0 saturated heterocycles. The Morgan fingerprint density at radius 1 is 1.38 bits per heavy atom. The van der Waals surface area contributed by atoms with E-state index >= 15 is 0 Å². The highest BCUT2D eigenvalue weighted by molar-refractivity contribution is 6.05. The number of allylic oxidation sites excluding steroid dienone is 1. The number of hydrogen-bond acceptors (Lipinski definition) is 1. The Kier molecular flexibility index (Phi) is 1.81. The van der Waals surface area contributed by atoms with Crippen LogP contribution in [0, 0.1) is 0 Å². The van der Waals surface area contributed by atoms with E-state index < -0.39 is 0 Å². The number of hydrogen-bond donors (Lipinski definition) is 0. The lowest BCUT2D eigenvalue weighted by Crippen LogP contribution is -2.11. The number of benzene rings is 1. The molecular formula is C11H9NO. The van der Waals surface area contributed by atoms with Crippen molar-refractivity contribution < 1.29 is 4.79 Å². The van der Waals surface area contributed by atoms with E-state index in [0.717, 1.165) is 5.56 Å². The lowest BCUT2D eigenvalue weighted by molar-refractivity contribution is 0.100. The van der Waals surface area contributed by atoms with Gasteiger partial charge in [-0.3, -0.25) is 4.79 Å². The van der Waals surface area contributed by atoms with Crippen LogP contribution in [0.15, 0.2) is 41.9 Å². The zero-order valence-corrected chi connectivity index (χ0v) is 7.10. The summed E-state index contributed by atoms with van der Waals surface area (Å²) in [5.41, 5.74) is 1.69. The number of fused-ring (bicyclic) bond motifs is 1. The van der Waals surface area contributed by atoms with E-state index in [9.17, 15) is 4.79 Å². The van der Waals surface area contributed by atoms with E-state index in [-0.39, 0.29) is 11.8 Å². The van der Waals surface area contributed by atoms with Gasteiger partial charge >= 0.3 is 0 Å². The van der Waals surface area contributed by atoms with E-state index in [0.29, 0.717) is 5.56 Å². The highest BCUT2D eigenvalue weighted by Crippen LogP contribution is 2.23. The zero-order valence-electron chi connectivity index (χ0n) is 7.10. The van der Waals surface area contributed by atoms with E-state index in [1.165, 1.54) is 0 Å². The normalized spacial score (nSPS) is 19.7. The van der Waals surface area contributed by atoms with E-state index in [2.05, 4.69) is 11.6 Å². The van der Waals surface area contributed by atoms with Gasteiger partial charge in [0.2, 0.25) is 0 Å². The summed E-state index contributed by atoms with van der Waals surface area (Å²) in [5, 5.41) is 0. The number of amides is 1. The Bertz CT molecular complexity index is 393. The Morgan fingerprint density at radius 3 is 2.92 bits per heavy atom. The summed E-state index contributed by atoms with van der Waals surface area (Å²) in [7, 11) is 0. The average Bonchev–Trinajstić information content (AvgIpc) is 2.19. The molecule has 0 aliphatic carbocycles. The van der Waals surface area contributed by atoms with Crippen LogP contribution >= 0.6 is 0 Å². The predicted molar refractivity (Wildman–Crippen MR) is 52.2 cm³/mol. The van der Waals surface area contributed by atoms with Gasteiger partial charge in [0.1, 0.15) is 0 Å². The monoisotopic (exact) mass is 171 g/mol. The summed E-state index contributed by atoms with van der Waals surface area (Å²) >= 11 is 0. The SMILES string of the molecule is C=CC1C=NC(=O)c2ccccc21. The van der Waals surface area contributed by atoms with Gasteiger partial charge in [0.05, 0.1) is 0 Å². The van der Waals surface area contributed by atoms with Gasteiger partial charge in [0, 0.05) is 17.7 Å². The molecule has 0 saturated carbocycles. The van der Waals surface area contributed by atoms with E-state index in [1.807, 2.05) is 18.2 Å². The van der Waals surface area contributed by atoms with Crippen molar-refractivity contribution in [2.24, 2.45) is 4.99 Å². The molecule has 0 N–H and O–H groups in total. The third-order valence-electron chi connectivity index (χ3n) is 2.16. The second-order valence-electron chi connectivity index (χ2n) is 2.93. The summed E-state index contributed by atoms with van der Waals surface area (Å²) in [4.78, 5) is 15.1. The molecular weight excluding hydrogens is 162 g/mol. The zero-order chi connectivity index (χ0) is 9.26. The molecule has 2 heteroatoms. The molecule has 1 heterocycles. The minimum atomic E-state index is -0.159. The smallest absolute Gasteiger partial charge is 0.267 e. The van der Waals surface area contributed by atoms with Crippen LogP contribution in [0.4, 0.5) is 0 Å². The Labute approximate surface area is 76.6 Å². The van der Waals surface area contributed by atoms with Crippen molar-refractivity contribution in [3.8, 4) is 0 Å². The second-order valence-corrected chi connectivity index (χ2v) is 2.93. The molecule has 0 aromatic heterocycles. The van der Waals surface area contributed by atoms with E-state index in [4.69, 9.17) is 0 Å². The summed E-state index contributed by atoms with van der Waals surface area (Å²) in [5.74, 6) is -0.0809. The molecule has 1 atom stereocenters. The molecule has 13 heavy (non-hydrogen) atoms. The number of nitrogens with zero attached hydrogens (tertiary/aromatic N) is 1. The maximum absolute atomic E-state index is 11.3. The molecule has 1 aromatic carbocycles. The minimum absolute atomic E-state index is 0.0777. The predicted octanol–water partition coefficient (Wildman–Crippen LogP) is 2.18. The maximum atomic E-state index is 11.3. The number of aliphatic imine (C=N–C) groups is 1. The highest BCUT2D eigenvalue weighted by Gasteiger charge is 2.18. The van der Waals surface area contributed by atoms with Crippen LogP contribution in [0.1, 0.15) is 21.8 Å². The maximum Gasteiger partial charge on any atom is 0.276 e. The topological polar surface area (TPSA) is 29.4 Å².